The summed E-state index contributed by atoms with van der Waals surface area (Å²) in [5.74, 6) is 0.0343. The number of benzene rings is 2. The van der Waals surface area contributed by atoms with Gasteiger partial charge in [0.1, 0.15) is 11.4 Å². The van der Waals surface area contributed by atoms with Crippen molar-refractivity contribution in [1.29, 1.82) is 5.26 Å². The Morgan fingerprint density at radius 2 is 1.76 bits per heavy atom. The molecule has 1 N–H and O–H groups in total. The summed E-state index contributed by atoms with van der Waals surface area (Å²) in [5, 5.41) is 12.9. The Balaban J connectivity index is 1.54. The number of anilines is 1. The fourth-order valence-electron chi connectivity index (χ4n) is 4.17. The van der Waals surface area contributed by atoms with E-state index in [1.165, 1.54) is 0 Å². The molecule has 8 nitrogen and oxygen atoms in total. The van der Waals surface area contributed by atoms with Crippen LogP contribution in [0.15, 0.2) is 48.5 Å². The molecule has 0 aliphatic carbocycles. The van der Waals surface area contributed by atoms with Crippen molar-refractivity contribution in [2.24, 2.45) is 0 Å². The van der Waals surface area contributed by atoms with Gasteiger partial charge in [0, 0.05) is 32.7 Å². The maximum atomic E-state index is 13.1. The summed E-state index contributed by atoms with van der Waals surface area (Å²) in [6, 6.07) is 17.5. The van der Waals surface area contributed by atoms with Crippen LogP contribution in [0.25, 0.3) is 11.0 Å². The van der Waals surface area contributed by atoms with E-state index >= 15 is 0 Å². The molecule has 2 aromatic carbocycles. The zero-order valence-corrected chi connectivity index (χ0v) is 19.7. The van der Waals surface area contributed by atoms with Crippen molar-refractivity contribution in [2.75, 3.05) is 51.3 Å². The second kappa shape index (κ2) is 10.9. The van der Waals surface area contributed by atoms with Gasteiger partial charge >= 0.3 is 0 Å². The molecular formula is C26H30N6O2. The predicted molar refractivity (Wildman–Crippen MR) is 132 cm³/mol. The van der Waals surface area contributed by atoms with Crippen molar-refractivity contribution < 1.29 is 9.53 Å². The van der Waals surface area contributed by atoms with Gasteiger partial charge in [-0.3, -0.25) is 4.79 Å². The Morgan fingerprint density at radius 3 is 2.38 bits per heavy atom. The lowest BCUT2D eigenvalue weighted by Gasteiger charge is -2.35. The topological polar surface area (TPSA) is 94.4 Å². The largest absolute Gasteiger partial charge is 0.497 e. The molecule has 0 bridgehead atoms. The lowest BCUT2D eigenvalue weighted by molar-refractivity contribution is -0.121. The minimum absolute atomic E-state index is 0.353. The third-order valence-corrected chi connectivity index (χ3v) is 6.23. The van der Waals surface area contributed by atoms with E-state index in [9.17, 15) is 10.1 Å². The van der Waals surface area contributed by atoms with Crippen LogP contribution < -0.4 is 15.0 Å². The molecule has 1 atom stereocenters. The number of nitrogens with one attached hydrogen (secondary N) is 1. The van der Waals surface area contributed by atoms with Crippen molar-refractivity contribution in [2.45, 2.75) is 19.3 Å². The SMILES string of the molecule is CCN1CCN(c2nc3ccccc3nc2[C@H](C#N)C(=O)NCCc2ccc(OC)cc2)CC1. The first-order chi connectivity index (χ1) is 16.6. The first-order valence-corrected chi connectivity index (χ1v) is 11.7. The predicted octanol–water partition coefficient (Wildman–Crippen LogP) is 2.75. The number of fused-ring (bicyclic) bond motifs is 1. The maximum absolute atomic E-state index is 13.1. The Kier molecular flexibility index (Phi) is 7.55. The van der Waals surface area contributed by atoms with Gasteiger partial charge in [-0.05, 0) is 42.8 Å². The molecule has 3 aromatic rings. The fourth-order valence-corrected chi connectivity index (χ4v) is 4.17. The summed E-state index contributed by atoms with van der Waals surface area (Å²) in [4.78, 5) is 27.2. The number of rotatable bonds is 8. The quantitative estimate of drug-likeness (QED) is 0.555. The molecule has 1 aliphatic rings. The summed E-state index contributed by atoms with van der Waals surface area (Å²) in [7, 11) is 1.63. The number of piperazine rings is 1. The van der Waals surface area contributed by atoms with E-state index in [2.05, 4.69) is 28.1 Å². The molecule has 4 rings (SSSR count). The van der Waals surface area contributed by atoms with E-state index in [0.717, 1.165) is 49.6 Å². The van der Waals surface area contributed by atoms with Crippen molar-refractivity contribution in [3.63, 3.8) is 0 Å². The van der Waals surface area contributed by atoms with Crippen LogP contribution in [0.2, 0.25) is 0 Å². The van der Waals surface area contributed by atoms with Crippen molar-refractivity contribution >= 4 is 22.8 Å². The van der Waals surface area contributed by atoms with E-state index in [1.807, 2.05) is 48.5 Å². The number of hydrogen-bond acceptors (Lipinski definition) is 7. The van der Waals surface area contributed by atoms with Crippen LogP contribution in [0.1, 0.15) is 24.1 Å². The number of para-hydroxylation sites is 2. The van der Waals surface area contributed by atoms with Gasteiger partial charge in [0.15, 0.2) is 11.7 Å². The molecule has 0 radical (unpaired) electrons. The number of carbonyl (C=O) groups is 1. The van der Waals surface area contributed by atoms with Gasteiger partial charge in [-0.1, -0.05) is 31.2 Å². The zero-order valence-electron chi connectivity index (χ0n) is 19.7. The average Bonchev–Trinajstić information content (AvgIpc) is 2.89. The van der Waals surface area contributed by atoms with E-state index in [1.54, 1.807) is 7.11 Å². The highest BCUT2D eigenvalue weighted by molar-refractivity contribution is 5.88. The lowest BCUT2D eigenvalue weighted by atomic mass is 10.0. The number of amides is 1. The summed E-state index contributed by atoms with van der Waals surface area (Å²) in [5.41, 5.74) is 2.94. The Morgan fingerprint density at radius 1 is 1.09 bits per heavy atom. The molecule has 1 saturated heterocycles. The number of aromatic nitrogens is 2. The second-order valence-electron chi connectivity index (χ2n) is 8.29. The van der Waals surface area contributed by atoms with Crippen molar-refractivity contribution in [3.05, 3.63) is 59.8 Å². The monoisotopic (exact) mass is 458 g/mol. The highest BCUT2D eigenvalue weighted by atomic mass is 16.5. The van der Waals surface area contributed by atoms with E-state index < -0.39 is 5.92 Å². The molecule has 34 heavy (non-hydrogen) atoms. The highest BCUT2D eigenvalue weighted by Gasteiger charge is 2.29. The number of nitrogens with zero attached hydrogens (tertiary/aromatic N) is 5. The number of hydrogen-bond donors (Lipinski definition) is 1. The van der Waals surface area contributed by atoms with Gasteiger partial charge in [-0.25, -0.2) is 9.97 Å². The Labute approximate surface area is 200 Å². The number of nitriles is 1. The van der Waals surface area contributed by atoms with Crippen LogP contribution in [-0.2, 0) is 11.2 Å². The van der Waals surface area contributed by atoms with Crippen molar-refractivity contribution in [3.8, 4) is 11.8 Å². The molecule has 8 heteroatoms. The second-order valence-corrected chi connectivity index (χ2v) is 8.29. The number of likely N-dealkylation sites (N-methyl/N-ethyl adjacent to an activating group) is 1. The molecule has 1 aliphatic heterocycles. The smallest absolute Gasteiger partial charge is 0.243 e. The number of ether oxygens (including phenoxy) is 1. The summed E-state index contributed by atoms with van der Waals surface area (Å²) >= 11 is 0. The molecule has 0 spiro atoms. The minimum atomic E-state index is -1.04. The van der Waals surface area contributed by atoms with E-state index in [0.29, 0.717) is 30.0 Å². The van der Waals surface area contributed by atoms with Gasteiger partial charge in [0.05, 0.1) is 24.2 Å². The summed E-state index contributed by atoms with van der Waals surface area (Å²) in [6.45, 7) is 6.97. The minimum Gasteiger partial charge on any atom is -0.497 e. The molecular weight excluding hydrogens is 428 g/mol. The van der Waals surface area contributed by atoms with Crippen LogP contribution in [0.4, 0.5) is 5.82 Å². The number of carbonyl (C=O) groups excluding carboxylic acids is 1. The van der Waals surface area contributed by atoms with Gasteiger partial charge in [-0.15, -0.1) is 0 Å². The Hall–Kier alpha value is -3.70. The lowest BCUT2D eigenvalue weighted by Crippen LogP contribution is -2.47. The fraction of sp³-hybridized carbons (Fsp3) is 0.385. The van der Waals surface area contributed by atoms with Gasteiger partial charge in [0.25, 0.3) is 0 Å². The van der Waals surface area contributed by atoms with Crippen LogP contribution in [0.5, 0.6) is 5.75 Å². The zero-order chi connectivity index (χ0) is 23.9. The molecule has 176 valence electrons. The van der Waals surface area contributed by atoms with Crippen LogP contribution in [0.3, 0.4) is 0 Å². The third-order valence-electron chi connectivity index (χ3n) is 6.23. The normalized spacial score (nSPS) is 15.0. The molecule has 0 saturated carbocycles. The van der Waals surface area contributed by atoms with Gasteiger partial charge < -0.3 is 19.9 Å². The van der Waals surface area contributed by atoms with Gasteiger partial charge in [-0.2, -0.15) is 5.26 Å². The molecule has 1 fully saturated rings. The average molecular weight is 459 g/mol. The van der Waals surface area contributed by atoms with Crippen molar-refractivity contribution in [1.82, 2.24) is 20.2 Å². The van der Waals surface area contributed by atoms with Crippen LogP contribution >= 0.6 is 0 Å². The molecule has 1 amide bonds. The van der Waals surface area contributed by atoms with Crippen LogP contribution in [0, 0.1) is 11.3 Å². The van der Waals surface area contributed by atoms with E-state index in [4.69, 9.17) is 14.7 Å². The molecule has 2 heterocycles. The summed E-state index contributed by atoms with van der Waals surface area (Å²) in [6.07, 6.45) is 0.656. The third kappa shape index (κ3) is 5.26. The summed E-state index contributed by atoms with van der Waals surface area (Å²) < 4.78 is 5.19. The number of methoxy groups -OCH3 is 1. The van der Waals surface area contributed by atoms with Crippen LogP contribution in [-0.4, -0.2) is 67.2 Å². The molecule has 1 aromatic heterocycles. The van der Waals surface area contributed by atoms with E-state index in [-0.39, 0.29) is 5.91 Å². The highest BCUT2D eigenvalue weighted by Crippen LogP contribution is 2.28. The standard InChI is InChI=1S/C26H30N6O2/c1-3-31-14-16-32(17-15-31)25-24(29-22-6-4-5-7-23(22)30-25)21(18-27)26(33)28-13-12-19-8-10-20(34-2)11-9-19/h4-11,21H,3,12-17H2,1-2H3,(H,28,33)/t21-/m0/s1. The first-order valence-electron chi connectivity index (χ1n) is 11.7. The molecule has 0 unspecified atom stereocenters. The first kappa shape index (κ1) is 23.5. The Bertz CT molecular complexity index is 1170. The maximum Gasteiger partial charge on any atom is 0.243 e. The van der Waals surface area contributed by atoms with Gasteiger partial charge in [0.2, 0.25) is 5.91 Å².